The largest absolute Gasteiger partial charge is 0.103 e. The molecule has 2 fully saturated rings. The van der Waals surface area contributed by atoms with Crippen molar-refractivity contribution in [1.29, 1.82) is 0 Å². The Morgan fingerprint density at radius 2 is 1.21 bits per heavy atom. The summed E-state index contributed by atoms with van der Waals surface area (Å²) in [6.07, 6.45) is 22.8. The summed E-state index contributed by atoms with van der Waals surface area (Å²) in [4.78, 5) is 0. The molecule has 2 saturated carbocycles. The highest BCUT2D eigenvalue weighted by molar-refractivity contribution is 5.64. The second-order valence-corrected chi connectivity index (χ2v) is 10.7. The lowest BCUT2D eigenvalue weighted by atomic mass is 9.77. The number of hydrogen-bond donors (Lipinski definition) is 0. The third-order valence-corrected chi connectivity index (χ3v) is 8.36. The molecule has 2 aromatic carbocycles. The van der Waals surface area contributed by atoms with Gasteiger partial charge in [0.2, 0.25) is 0 Å². The van der Waals surface area contributed by atoms with Crippen LogP contribution in [0.15, 0.2) is 73.3 Å². The second kappa shape index (κ2) is 12.4. The van der Waals surface area contributed by atoms with E-state index in [1.165, 1.54) is 80.9 Å². The van der Waals surface area contributed by atoms with E-state index in [2.05, 4.69) is 74.2 Å². The molecule has 33 heavy (non-hydrogen) atoms. The third kappa shape index (κ3) is 6.72. The lowest BCUT2D eigenvalue weighted by Crippen LogP contribution is -2.13. The van der Waals surface area contributed by atoms with Crippen molar-refractivity contribution in [2.24, 2.45) is 11.8 Å². The van der Waals surface area contributed by atoms with Crippen molar-refractivity contribution in [3.8, 4) is 11.1 Å². The van der Waals surface area contributed by atoms with Crippen molar-refractivity contribution in [3.05, 3.63) is 84.5 Å². The zero-order valence-electron chi connectivity index (χ0n) is 20.9. The molecule has 2 aliphatic rings. The van der Waals surface area contributed by atoms with Gasteiger partial charge in [-0.05, 0) is 110 Å². The fourth-order valence-electron chi connectivity index (χ4n) is 6.24. The minimum Gasteiger partial charge on any atom is -0.103 e. The zero-order chi connectivity index (χ0) is 22.9. The van der Waals surface area contributed by atoms with Gasteiger partial charge in [0.15, 0.2) is 0 Å². The molecule has 0 heterocycles. The lowest BCUT2D eigenvalue weighted by molar-refractivity contribution is 0.308. The molecule has 4 rings (SSSR count). The van der Waals surface area contributed by atoms with E-state index < -0.39 is 0 Å². The molecule has 0 atom stereocenters. The van der Waals surface area contributed by atoms with Crippen molar-refractivity contribution >= 4 is 0 Å². The van der Waals surface area contributed by atoms with Crippen LogP contribution in [0.2, 0.25) is 0 Å². The first kappa shape index (κ1) is 24.1. The fraction of sp³-hybridized carbons (Fsp3) is 0.515. The van der Waals surface area contributed by atoms with E-state index in [-0.39, 0.29) is 0 Å². The minimum absolute atomic E-state index is 0.738. The molecule has 0 spiro atoms. The summed E-state index contributed by atoms with van der Waals surface area (Å²) in [5.41, 5.74) is 5.81. The van der Waals surface area contributed by atoms with Gasteiger partial charge in [0.25, 0.3) is 0 Å². The van der Waals surface area contributed by atoms with E-state index in [1.54, 1.807) is 5.56 Å². The van der Waals surface area contributed by atoms with Crippen LogP contribution in [0.3, 0.4) is 0 Å². The van der Waals surface area contributed by atoms with Crippen LogP contribution >= 0.6 is 0 Å². The fourth-order valence-corrected chi connectivity index (χ4v) is 6.24. The van der Waals surface area contributed by atoms with E-state index in [1.807, 2.05) is 6.08 Å². The molecule has 176 valence electrons. The number of unbranched alkanes of at least 4 members (excludes halogenated alkanes) is 1. The number of allylic oxidation sites excluding steroid dienone is 3. The monoisotopic (exact) mass is 440 g/mol. The highest BCUT2D eigenvalue weighted by Gasteiger charge is 2.22. The molecule has 2 aliphatic carbocycles. The van der Waals surface area contributed by atoms with Gasteiger partial charge < -0.3 is 0 Å². The normalized spacial score (nSPS) is 25.8. The van der Waals surface area contributed by atoms with E-state index in [0.29, 0.717) is 0 Å². The summed E-state index contributed by atoms with van der Waals surface area (Å²) in [6.45, 7) is 6.14. The summed E-state index contributed by atoms with van der Waals surface area (Å²) in [7, 11) is 0. The van der Waals surface area contributed by atoms with Crippen LogP contribution in [-0.4, -0.2) is 0 Å². The van der Waals surface area contributed by atoms with E-state index in [4.69, 9.17) is 0 Å². The number of rotatable bonds is 9. The van der Waals surface area contributed by atoms with Gasteiger partial charge in [0.05, 0.1) is 0 Å². The van der Waals surface area contributed by atoms with Gasteiger partial charge >= 0.3 is 0 Å². The predicted molar refractivity (Wildman–Crippen MR) is 145 cm³/mol. The Kier molecular flexibility index (Phi) is 9.04. The predicted octanol–water partition coefficient (Wildman–Crippen LogP) is 10.2. The molecule has 0 radical (unpaired) electrons. The van der Waals surface area contributed by atoms with Crippen molar-refractivity contribution in [1.82, 2.24) is 0 Å². The van der Waals surface area contributed by atoms with Crippen LogP contribution in [0.5, 0.6) is 0 Å². The first-order valence-electron chi connectivity index (χ1n) is 13.7. The Morgan fingerprint density at radius 1 is 0.697 bits per heavy atom. The van der Waals surface area contributed by atoms with Crippen molar-refractivity contribution in [2.45, 2.75) is 95.8 Å². The van der Waals surface area contributed by atoms with Gasteiger partial charge in [-0.1, -0.05) is 86.5 Å². The van der Waals surface area contributed by atoms with Crippen molar-refractivity contribution in [3.63, 3.8) is 0 Å². The second-order valence-electron chi connectivity index (χ2n) is 10.7. The van der Waals surface area contributed by atoms with Gasteiger partial charge in [-0.3, -0.25) is 0 Å². The first-order valence-corrected chi connectivity index (χ1v) is 13.7. The topological polar surface area (TPSA) is 0 Å². The summed E-state index contributed by atoms with van der Waals surface area (Å²) in [6, 6.07) is 19.0. The van der Waals surface area contributed by atoms with Gasteiger partial charge in [0.1, 0.15) is 0 Å². The van der Waals surface area contributed by atoms with Gasteiger partial charge in [-0.25, -0.2) is 0 Å². The maximum atomic E-state index is 3.81. The van der Waals surface area contributed by atoms with Crippen LogP contribution in [0.1, 0.15) is 107 Å². The highest BCUT2D eigenvalue weighted by Crippen LogP contribution is 2.39. The van der Waals surface area contributed by atoms with Crippen molar-refractivity contribution in [2.75, 3.05) is 0 Å². The number of benzene rings is 2. The Balaban J connectivity index is 1.29. The molecule has 0 heteroatoms. The first-order chi connectivity index (χ1) is 16.3. The summed E-state index contributed by atoms with van der Waals surface area (Å²) in [5.74, 6) is 3.28. The van der Waals surface area contributed by atoms with Crippen LogP contribution in [0, 0.1) is 11.8 Å². The summed E-state index contributed by atoms with van der Waals surface area (Å²) >= 11 is 0. The Labute approximate surface area is 203 Å². The lowest BCUT2D eigenvalue weighted by Gasteiger charge is -2.28. The van der Waals surface area contributed by atoms with Crippen LogP contribution in [0.25, 0.3) is 11.1 Å². The zero-order valence-corrected chi connectivity index (χ0v) is 20.9. The van der Waals surface area contributed by atoms with Crippen LogP contribution in [-0.2, 0) is 0 Å². The van der Waals surface area contributed by atoms with Gasteiger partial charge in [-0.15, -0.1) is 6.58 Å². The smallest absolute Gasteiger partial charge is 0.0162 e. The highest BCUT2D eigenvalue weighted by atomic mass is 14.3. The molecule has 0 unspecified atom stereocenters. The quantitative estimate of drug-likeness (QED) is 0.269. The number of hydrogen-bond acceptors (Lipinski definition) is 0. The van der Waals surface area contributed by atoms with Gasteiger partial charge in [0, 0.05) is 0 Å². The van der Waals surface area contributed by atoms with Crippen LogP contribution < -0.4 is 0 Å². The molecule has 0 saturated heterocycles. The Morgan fingerprint density at radius 3 is 1.70 bits per heavy atom. The Hall–Kier alpha value is -2.08. The molecule has 0 N–H and O–H groups in total. The van der Waals surface area contributed by atoms with E-state index >= 15 is 0 Å². The van der Waals surface area contributed by atoms with Crippen LogP contribution in [0.4, 0.5) is 0 Å². The molecule has 0 amide bonds. The summed E-state index contributed by atoms with van der Waals surface area (Å²) in [5, 5.41) is 0. The standard InChI is InChI=1S/C33H44/c1-3-5-6-7-9-27-12-16-29(17-13-27)31-20-24-33(25-21-31)32-22-18-30(19-23-32)28-14-10-26(8-4-2)11-15-28/h3,7,9,18-29H,1,4-6,8,10-17H2,2H3. The van der Waals surface area contributed by atoms with E-state index in [9.17, 15) is 0 Å². The molecule has 0 bridgehead atoms. The average Bonchev–Trinajstić information content (AvgIpc) is 2.88. The molecular formula is C33H44. The minimum atomic E-state index is 0.738. The van der Waals surface area contributed by atoms with Crippen molar-refractivity contribution < 1.29 is 0 Å². The third-order valence-electron chi connectivity index (χ3n) is 8.36. The van der Waals surface area contributed by atoms with E-state index in [0.717, 1.165) is 36.5 Å². The maximum Gasteiger partial charge on any atom is -0.0162 e. The molecule has 0 nitrogen and oxygen atoms in total. The molecule has 0 aromatic heterocycles. The summed E-state index contributed by atoms with van der Waals surface area (Å²) < 4.78 is 0. The van der Waals surface area contributed by atoms with Gasteiger partial charge in [-0.2, -0.15) is 0 Å². The molecule has 0 aliphatic heterocycles. The maximum absolute atomic E-state index is 3.81. The Bertz CT molecular complexity index is 853. The molecular weight excluding hydrogens is 396 g/mol. The average molecular weight is 441 g/mol. The SMILES string of the molecule is C=CCCC=CC1CCC(c2ccc(-c3ccc(C4CCC(CCC)CC4)cc3)cc2)CC1. The molecule has 2 aromatic rings.